The standard InChI is InChI=1S/C12H18ClNO/c1-12(2,3)5-7-15-11-9-14-6-4-10(11)8-13/h4,6,9H,5,7-8H2,1-3H3. The van der Waals surface area contributed by atoms with Crippen LogP contribution in [0.2, 0.25) is 0 Å². The van der Waals surface area contributed by atoms with Gasteiger partial charge in [0.05, 0.1) is 18.7 Å². The molecule has 0 aliphatic carbocycles. The number of hydrogen-bond donors (Lipinski definition) is 0. The van der Waals surface area contributed by atoms with Crippen molar-refractivity contribution in [2.45, 2.75) is 33.1 Å². The number of alkyl halides is 1. The molecule has 0 radical (unpaired) electrons. The molecular weight excluding hydrogens is 210 g/mol. The summed E-state index contributed by atoms with van der Waals surface area (Å²) < 4.78 is 5.66. The van der Waals surface area contributed by atoms with Crippen LogP contribution in [0.3, 0.4) is 0 Å². The lowest BCUT2D eigenvalue weighted by molar-refractivity contribution is 0.241. The molecule has 0 saturated carbocycles. The average molecular weight is 228 g/mol. The fraction of sp³-hybridized carbons (Fsp3) is 0.583. The molecular formula is C12H18ClNO. The summed E-state index contributed by atoms with van der Waals surface area (Å²) in [6.45, 7) is 7.30. The summed E-state index contributed by atoms with van der Waals surface area (Å²) in [5.41, 5.74) is 1.30. The monoisotopic (exact) mass is 227 g/mol. The first kappa shape index (κ1) is 12.3. The summed E-state index contributed by atoms with van der Waals surface area (Å²) in [4.78, 5) is 4.02. The maximum Gasteiger partial charge on any atom is 0.141 e. The Kier molecular flexibility index (Phi) is 4.40. The number of rotatable bonds is 4. The van der Waals surface area contributed by atoms with E-state index in [1.807, 2.05) is 6.07 Å². The van der Waals surface area contributed by atoms with Crippen LogP contribution in [0.25, 0.3) is 0 Å². The highest BCUT2D eigenvalue weighted by Gasteiger charge is 2.10. The van der Waals surface area contributed by atoms with Gasteiger partial charge in [0.2, 0.25) is 0 Å². The highest BCUT2D eigenvalue weighted by Crippen LogP contribution is 2.22. The Balaban J connectivity index is 2.50. The minimum Gasteiger partial charge on any atom is -0.492 e. The van der Waals surface area contributed by atoms with Gasteiger partial charge in [0, 0.05) is 11.8 Å². The van der Waals surface area contributed by atoms with Crippen LogP contribution in [0.1, 0.15) is 32.8 Å². The van der Waals surface area contributed by atoms with E-state index in [1.165, 1.54) is 0 Å². The molecule has 0 aliphatic heterocycles. The number of ether oxygens (including phenoxy) is 1. The van der Waals surface area contributed by atoms with Gasteiger partial charge >= 0.3 is 0 Å². The van der Waals surface area contributed by atoms with Crippen LogP contribution in [0.4, 0.5) is 0 Å². The molecule has 0 spiro atoms. The van der Waals surface area contributed by atoms with Gasteiger partial charge in [-0.15, -0.1) is 11.6 Å². The van der Waals surface area contributed by atoms with Gasteiger partial charge in [-0.05, 0) is 17.9 Å². The normalized spacial score (nSPS) is 11.5. The van der Waals surface area contributed by atoms with Gasteiger partial charge in [-0.1, -0.05) is 20.8 Å². The quantitative estimate of drug-likeness (QED) is 0.733. The first-order valence-electron chi connectivity index (χ1n) is 5.14. The van der Waals surface area contributed by atoms with Gasteiger partial charge in [0.15, 0.2) is 0 Å². The minimum absolute atomic E-state index is 0.295. The summed E-state index contributed by atoms with van der Waals surface area (Å²) in [5.74, 6) is 1.27. The van der Waals surface area contributed by atoms with Crippen LogP contribution >= 0.6 is 11.6 Å². The highest BCUT2D eigenvalue weighted by molar-refractivity contribution is 6.17. The van der Waals surface area contributed by atoms with Crippen LogP contribution in [-0.4, -0.2) is 11.6 Å². The third kappa shape index (κ3) is 4.52. The number of aromatic nitrogens is 1. The Morgan fingerprint density at radius 3 is 2.73 bits per heavy atom. The van der Waals surface area contributed by atoms with Crippen molar-refractivity contribution in [1.29, 1.82) is 0 Å². The lowest BCUT2D eigenvalue weighted by Gasteiger charge is -2.18. The molecule has 0 unspecified atom stereocenters. The van der Waals surface area contributed by atoms with Gasteiger partial charge in [-0.25, -0.2) is 0 Å². The lowest BCUT2D eigenvalue weighted by atomic mass is 9.93. The Hall–Kier alpha value is -0.760. The van der Waals surface area contributed by atoms with Gasteiger partial charge in [-0.2, -0.15) is 0 Å². The highest BCUT2D eigenvalue weighted by atomic mass is 35.5. The largest absolute Gasteiger partial charge is 0.492 e. The molecule has 1 aromatic rings. The Labute approximate surface area is 96.6 Å². The van der Waals surface area contributed by atoms with Gasteiger partial charge in [-0.3, -0.25) is 4.98 Å². The SMILES string of the molecule is CC(C)(C)CCOc1cnccc1CCl. The molecule has 2 nitrogen and oxygen atoms in total. The molecule has 0 amide bonds. The van der Waals surface area contributed by atoms with Crippen LogP contribution in [0.5, 0.6) is 5.75 Å². The first-order valence-corrected chi connectivity index (χ1v) is 5.68. The maximum atomic E-state index is 5.79. The van der Waals surface area contributed by atoms with Crippen molar-refractivity contribution >= 4 is 11.6 Å². The van der Waals surface area contributed by atoms with Crippen molar-refractivity contribution in [2.24, 2.45) is 5.41 Å². The fourth-order valence-electron chi connectivity index (χ4n) is 1.12. The number of nitrogens with zero attached hydrogens (tertiary/aromatic N) is 1. The molecule has 0 aromatic carbocycles. The second-order valence-corrected chi connectivity index (χ2v) is 5.04. The zero-order valence-electron chi connectivity index (χ0n) is 9.59. The molecule has 15 heavy (non-hydrogen) atoms. The zero-order valence-corrected chi connectivity index (χ0v) is 10.3. The summed E-state index contributed by atoms with van der Waals surface area (Å²) >= 11 is 5.79. The lowest BCUT2D eigenvalue weighted by Crippen LogP contribution is -2.11. The van der Waals surface area contributed by atoms with Gasteiger partial charge in [0.25, 0.3) is 0 Å². The van der Waals surface area contributed by atoms with E-state index >= 15 is 0 Å². The maximum absolute atomic E-state index is 5.79. The molecule has 0 saturated heterocycles. The molecule has 0 N–H and O–H groups in total. The summed E-state index contributed by atoms with van der Waals surface area (Å²) in [6, 6.07) is 1.89. The Morgan fingerprint density at radius 1 is 1.40 bits per heavy atom. The van der Waals surface area contributed by atoms with E-state index in [0.717, 1.165) is 17.7 Å². The molecule has 1 rings (SSSR count). The molecule has 1 heterocycles. The van der Waals surface area contributed by atoms with Crippen LogP contribution in [-0.2, 0) is 5.88 Å². The summed E-state index contributed by atoms with van der Waals surface area (Å²) in [5, 5.41) is 0. The van der Waals surface area contributed by atoms with Crippen molar-refractivity contribution in [3.8, 4) is 5.75 Å². The third-order valence-corrected chi connectivity index (χ3v) is 2.41. The van der Waals surface area contributed by atoms with E-state index in [2.05, 4.69) is 25.8 Å². The number of pyridine rings is 1. The zero-order chi connectivity index (χ0) is 11.3. The Morgan fingerprint density at radius 2 is 2.13 bits per heavy atom. The second kappa shape index (κ2) is 5.36. The molecule has 0 fully saturated rings. The van der Waals surface area contributed by atoms with E-state index in [4.69, 9.17) is 16.3 Å². The summed E-state index contributed by atoms with van der Waals surface area (Å²) in [7, 11) is 0. The summed E-state index contributed by atoms with van der Waals surface area (Å²) in [6.07, 6.45) is 4.47. The van der Waals surface area contributed by atoms with Crippen LogP contribution in [0.15, 0.2) is 18.5 Å². The average Bonchev–Trinajstić information content (AvgIpc) is 2.16. The van der Waals surface area contributed by atoms with Crippen LogP contribution < -0.4 is 4.74 Å². The van der Waals surface area contributed by atoms with Crippen molar-refractivity contribution in [2.75, 3.05) is 6.61 Å². The molecule has 3 heteroatoms. The smallest absolute Gasteiger partial charge is 0.141 e. The van der Waals surface area contributed by atoms with Crippen molar-refractivity contribution in [3.05, 3.63) is 24.0 Å². The first-order chi connectivity index (χ1) is 7.03. The van der Waals surface area contributed by atoms with Crippen molar-refractivity contribution in [1.82, 2.24) is 4.98 Å². The molecule has 84 valence electrons. The van der Waals surface area contributed by atoms with Gasteiger partial charge < -0.3 is 4.74 Å². The van der Waals surface area contributed by atoms with Crippen molar-refractivity contribution < 1.29 is 4.74 Å². The van der Waals surface area contributed by atoms with E-state index in [1.54, 1.807) is 12.4 Å². The molecule has 0 bridgehead atoms. The van der Waals surface area contributed by atoms with Crippen molar-refractivity contribution in [3.63, 3.8) is 0 Å². The van der Waals surface area contributed by atoms with E-state index in [0.29, 0.717) is 17.9 Å². The van der Waals surface area contributed by atoms with E-state index < -0.39 is 0 Å². The minimum atomic E-state index is 0.295. The van der Waals surface area contributed by atoms with Crippen LogP contribution in [0, 0.1) is 5.41 Å². The molecule has 1 aromatic heterocycles. The second-order valence-electron chi connectivity index (χ2n) is 4.78. The van der Waals surface area contributed by atoms with Gasteiger partial charge in [0.1, 0.15) is 5.75 Å². The third-order valence-electron chi connectivity index (χ3n) is 2.12. The van der Waals surface area contributed by atoms with E-state index in [9.17, 15) is 0 Å². The molecule has 0 atom stereocenters. The predicted octanol–water partition coefficient (Wildman–Crippen LogP) is 3.64. The number of halogens is 1. The predicted molar refractivity (Wildman–Crippen MR) is 63.4 cm³/mol. The number of hydrogen-bond acceptors (Lipinski definition) is 2. The topological polar surface area (TPSA) is 22.1 Å². The molecule has 0 aliphatic rings. The van der Waals surface area contributed by atoms with E-state index in [-0.39, 0.29) is 0 Å². The Bertz CT molecular complexity index is 307. The fourth-order valence-corrected chi connectivity index (χ4v) is 1.34.